The van der Waals surface area contributed by atoms with Gasteiger partial charge in [-0.3, -0.25) is 0 Å². The largest absolute Gasteiger partial charge is 0.673 e. The molecule has 0 saturated carbocycles. The summed E-state index contributed by atoms with van der Waals surface area (Å²) in [6.07, 6.45) is 12.5. The normalized spacial score (nSPS) is 11.4. The molecule has 6 nitrogen and oxygen atoms in total. The van der Waals surface area contributed by atoms with E-state index in [9.17, 15) is 34.5 Å². The molecule has 16 heteroatoms. The van der Waals surface area contributed by atoms with E-state index in [1.165, 1.54) is 0 Å². The Hall–Kier alpha value is -2.09. The number of nitrogens with zero attached hydrogens (tertiary/aromatic N) is 4. The molecular formula is C16H28B2F8N4O2. The van der Waals surface area contributed by atoms with Crippen LogP contribution < -0.4 is 9.13 Å². The molecule has 186 valence electrons. The topological polar surface area (TPSA) is 36.1 Å². The molecular weight excluding hydrogens is 454 g/mol. The van der Waals surface area contributed by atoms with Gasteiger partial charge in [-0.1, -0.05) is 0 Å². The zero-order chi connectivity index (χ0) is 24.6. The van der Waals surface area contributed by atoms with Crippen molar-refractivity contribution in [1.29, 1.82) is 0 Å². The average molecular weight is 482 g/mol. The smallest absolute Gasteiger partial charge is 0.418 e. The number of aromatic nitrogens is 4. The van der Waals surface area contributed by atoms with E-state index in [2.05, 4.69) is 69.6 Å². The van der Waals surface area contributed by atoms with Crippen LogP contribution in [0.2, 0.25) is 0 Å². The summed E-state index contributed by atoms with van der Waals surface area (Å²) >= 11 is 0. The molecule has 2 rings (SSSR count). The van der Waals surface area contributed by atoms with Crippen molar-refractivity contribution in [3.8, 4) is 0 Å². The zero-order valence-corrected chi connectivity index (χ0v) is 17.9. The van der Waals surface area contributed by atoms with Crippen molar-refractivity contribution in [2.45, 2.75) is 40.0 Å². The maximum absolute atomic E-state index is 9.75. The predicted molar refractivity (Wildman–Crippen MR) is 103 cm³/mol. The highest BCUT2D eigenvalue weighted by Crippen LogP contribution is 2.07. The van der Waals surface area contributed by atoms with Gasteiger partial charge in [0.25, 0.3) is 0 Å². The van der Waals surface area contributed by atoms with Crippen molar-refractivity contribution in [1.82, 2.24) is 9.13 Å². The SMILES string of the molecule is CCn1cc[n+](CCOCCOCC[n+]2ccn(CC)c2)c1.F[B-](F)(F)F.F[B-](F)(F)F. The standard InChI is InChI=1S/C16H28N4O2.2BF4/c1-3-17-5-7-19(15-17)9-11-21-13-14-22-12-10-20-8-6-18(4-2)16-20;2*2-1(3,4)5/h5-8,15-16H,3-4,9-14H2,1-2H3;;/q+2;2*-1. The summed E-state index contributed by atoms with van der Waals surface area (Å²) < 4.78 is 97.7. The third kappa shape index (κ3) is 21.2. The molecule has 0 amide bonds. The fourth-order valence-corrected chi connectivity index (χ4v) is 2.18. The molecule has 0 radical (unpaired) electrons. The molecule has 0 N–H and O–H groups in total. The Bertz CT molecular complexity index is 653. The van der Waals surface area contributed by atoms with Gasteiger partial charge in [0.2, 0.25) is 12.7 Å². The lowest BCUT2D eigenvalue weighted by Gasteiger charge is -2.04. The van der Waals surface area contributed by atoms with Gasteiger partial charge in [-0.25, -0.2) is 18.3 Å². The van der Waals surface area contributed by atoms with E-state index in [-0.39, 0.29) is 0 Å². The Morgan fingerprint density at radius 1 is 0.625 bits per heavy atom. The van der Waals surface area contributed by atoms with E-state index in [0.717, 1.165) is 39.4 Å². The maximum Gasteiger partial charge on any atom is 0.673 e. The molecule has 0 atom stereocenters. The molecule has 0 fully saturated rings. The van der Waals surface area contributed by atoms with Crippen molar-refractivity contribution < 1.29 is 53.1 Å². The molecule has 32 heavy (non-hydrogen) atoms. The molecule has 2 aromatic heterocycles. The molecule has 0 aliphatic heterocycles. The minimum absolute atomic E-state index is 0.648. The average Bonchev–Trinajstić information content (AvgIpc) is 3.30. The van der Waals surface area contributed by atoms with Crippen molar-refractivity contribution in [2.24, 2.45) is 0 Å². The molecule has 2 heterocycles. The van der Waals surface area contributed by atoms with E-state index in [1.54, 1.807) is 0 Å². The number of imidazole rings is 2. The second-order valence-corrected chi connectivity index (χ2v) is 6.18. The van der Waals surface area contributed by atoms with Gasteiger partial charge in [-0.05, 0) is 13.8 Å². The van der Waals surface area contributed by atoms with Crippen molar-refractivity contribution in [2.75, 3.05) is 26.4 Å². The Labute approximate surface area is 181 Å². The van der Waals surface area contributed by atoms with Gasteiger partial charge < -0.3 is 44.0 Å². The molecule has 0 aliphatic carbocycles. The van der Waals surface area contributed by atoms with Crippen LogP contribution in [-0.2, 0) is 35.7 Å². The van der Waals surface area contributed by atoms with E-state index in [0.29, 0.717) is 13.2 Å². The number of ether oxygens (including phenoxy) is 2. The summed E-state index contributed by atoms with van der Waals surface area (Å²) in [4.78, 5) is 0. The Morgan fingerprint density at radius 3 is 1.19 bits per heavy atom. The lowest BCUT2D eigenvalue weighted by atomic mass is 10.3. The van der Waals surface area contributed by atoms with Gasteiger partial charge in [0.15, 0.2) is 0 Å². The van der Waals surface area contributed by atoms with Crippen LogP contribution in [0.3, 0.4) is 0 Å². The summed E-state index contributed by atoms with van der Waals surface area (Å²) in [5.74, 6) is 0. The van der Waals surface area contributed by atoms with E-state index in [4.69, 9.17) is 9.47 Å². The van der Waals surface area contributed by atoms with E-state index in [1.807, 2.05) is 0 Å². The van der Waals surface area contributed by atoms with Gasteiger partial charge in [0.1, 0.15) is 37.9 Å². The minimum Gasteiger partial charge on any atom is -0.418 e. The van der Waals surface area contributed by atoms with Crippen LogP contribution in [0.5, 0.6) is 0 Å². The molecule has 0 aromatic carbocycles. The quantitative estimate of drug-likeness (QED) is 0.214. The minimum atomic E-state index is -6.00. The Morgan fingerprint density at radius 2 is 0.938 bits per heavy atom. The van der Waals surface area contributed by atoms with E-state index >= 15 is 0 Å². The fourth-order valence-electron chi connectivity index (χ4n) is 2.18. The number of halogens is 8. The molecule has 2 aromatic rings. The first-order valence-corrected chi connectivity index (χ1v) is 9.81. The first-order valence-electron chi connectivity index (χ1n) is 9.81. The highest BCUT2D eigenvalue weighted by atomic mass is 19.5. The molecule has 0 spiro atoms. The van der Waals surface area contributed by atoms with Gasteiger partial charge in [-0.2, -0.15) is 0 Å². The third-order valence-corrected chi connectivity index (χ3v) is 3.58. The lowest BCUT2D eigenvalue weighted by molar-refractivity contribution is -0.698. The van der Waals surface area contributed by atoms with Gasteiger partial charge >= 0.3 is 14.5 Å². The Kier molecular flexibility index (Phi) is 14.6. The maximum atomic E-state index is 9.75. The number of rotatable bonds is 11. The molecule has 0 saturated heterocycles. The van der Waals surface area contributed by atoms with Crippen LogP contribution in [0.4, 0.5) is 34.5 Å². The zero-order valence-electron chi connectivity index (χ0n) is 17.9. The van der Waals surface area contributed by atoms with Crippen LogP contribution >= 0.6 is 0 Å². The van der Waals surface area contributed by atoms with Crippen molar-refractivity contribution >= 4 is 14.5 Å². The predicted octanol–water partition coefficient (Wildman–Crippen LogP) is 3.24. The van der Waals surface area contributed by atoms with Gasteiger partial charge in [-0.15, -0.1) is 0 Å². The number of hydrogen-bond donors (Lipinski definition) is 0. The number of hydrogen-bond acceptors (Lipinski definition) is 2. The number of aryl methyl sites for hydroxylation is 2. The van der Waals surface area contributed by atoms with E-state index < -0.39 is 14.5 Å². The summed E-state index contributed by atoms with van der Waals surface area (Å²) in [7, 11) is -12.0. The van der Waals surface area contributed by atoms with Crippen LogP contribution in [0.25, 0.3) is 0 Å². The lowest BCUT2D eigenvalue weighted by Crippen LogP contribution is -2.34. The van der Waals surface area contributed by atoms with Crippen LogP contribution in [0, 0.1) is 0 Å². The highest BCUT2D eigenvalue weighted by molar-refractivity contribution is 6.50. The first kappa shape index (κ1) is 29.9. The second kappa shape index (κ2) is 15.7. The van der Waals surface area contributed by atoms with Crippen LogP contribution in [0.1, 0.15) is 13.8 Å². The highest BCUT2D eigenvalue weighted by Gasteiger charge is 2.21. The molecule has 0 unspecified atom stereocenters. The monoisotopic (exact) mass is 482 g/mol. The van der Waals surface area contributed by atoms with Crippen molar-refractivity contribution in [3.63, 3.8) is 0 Å². The molecule has 0 aliphatic rings. The fraction of sp³-hybridized carbons (Fsp3) is 0.625. The third-order valence-electron chi connectivity index (χ3n) is 3.58. The van der Waals surface area contributed by atoms with Crippen molar-refractivity contribution in [3.05, 3.63) is 37.4 Å². The Balaban J connectivity index is 0.000000805. The molecule has 0 bridgehead atoms. The van der Waals surface area contributed by atoms with Gasteiger partial charge in [0.05, 0.1) is 39.5 Å². The summed E-state index contributed by atoms with van der Waals surface area (Å²) in [6.45, 7) is 10.8. The summed E-state index contributed by atoms with van der Waals surface area (Å²) in [6, 6.07) is 0. The summed E-state index contributed by atoms with van der Waals surface area (Å²) in [5, 5.41) is 0. The summed E-state index contributed by atoms with van der Waals surface area (Å²) in [5.41, 5.74) is 0. The van der Waals surface area contributed by atoms with Crippen LogP contribution in [0.15, 0.2) is 37.4 Å². The second-order valence-electron chi connectivity index (χ2n) is 6.18. The van der Waals surface area contributed by atoms with Crippen LogP contribution in [-0.4, -0.2) is 50.1 Å². The first-order chi connectivity index (χ1) is 14.8. The van der Waals surface area contributed by atoms with Gasteiger partial charge in [0, 0.05) is 0 Å².